The lowest BCUT2D eigenvalue weighted by atomic mass is 10.1. The summed E-state index contributed by atoms with van der Waals surface area (Å²) in [7, 11) is 1.96. The average Bonchev–Trinajstić information content (AvgIpc) is 2.80. The molecule has 3 aromatic rings. The van der Waals surface area contributed by atoms with Crippen molar-refractivity contribution < 1.29 is 19.0 Å². The van der Waals surface area contributed by atoms with Gasteiger partial charge in [-0.05, 0) is 45.0 Å². The normalized spacial score (nSPS) is 13.1. The molecule has 4 rings (SSSR count). The fourth-order valence-corrected chi connectivity index (χ4v) is 3.75. The number of carbonyl (C=O) groups is 1. The third-order valence-electron chi connectivity index (χ3n) is 5.21. The Labute approximate surface area is 187 Å². The lowest BCUT2D eigenvalue weighted by Gasteiger charge is -2.34. The van der Waals surface area contributed by atoms with Gasteiger partial charge in [0.25, 0.3) is 5.91 Å². The van der Waals surface area contributed by atoms with Crippen LogP contribution in [0.2, 0.25) is 0 Å². The van der Waals surface area contributed by atoms with Gasteiger partial charge in [-0.2, -0.15) is 0 Å². The molecule has 1 aliphatic rings. The van der Waals surface area contributed by atoms with Crippen molar-refractivity contribution in [3.8, 4) is 17.2 Å². The number of para-hydroxylation sites is 2. The topological polar surface area (TPSA) is 77.0 Å². The summed E-state index contributed by atoms with van der Waals surface area (Å²) in [5, 5.41) is 0. The number of amides is 1. The zero-order chi connectivity index (χ0) is 22.7. The Balaban J connectivity index is 1.79. The molecule has 0 radical (unpaired) electrons. The van der Waals surface area contributed by atoms with Gasteiger partial charge < -0.3 is 19.1 Å². The van der Waals surface area contributed by atoms with Crippen LogP contribution < -0.4 is 24.0 Å². The van der Waals surface area contributed by atoms with Crippen molar-refractivity contribution in [1.29, 1.82) is 0 Å². The molecule has 0 saturated heterocycles. The van der Waals surface area contributed by atoms with Crippen LogP contribution in [0.1, 0.15) is 31.1 Å². The zero-order valence-electron chi connectivity index (χ0n) is 18.9. The molecular weight excluding hydrogens is 408 g/mol. The Hall–Kier alpha value is -3.55. The number of nitrogens with zero attached hydrogens (tertiary/aromatic N) is 4. The number of ether oxygens (including phenoxy) is 3. The molecule has 1 aliphatic heterocycles. The van der Waals surface area contributed by atoms with Crippen molar-refractivity contribution in [1.82, 2.24) is 9.97 Å². The molecule has 0 N–H and O–H groups in total. The van der Waals surface area contributed by atoms with Gasteiger partial charge in [-0.25, -0.2) is 9.97 Å². The number of fused-ring (bicyclic) bond motifs is 2. The summed E-state index contributed by atoms with van der Waals surface area (Å²) in [4.78, 5) is 26.9. The predicted molar refractivity (Wildman–Crippen MR) is 124 cm³/mol. The van der Waals surface area contributed by atoms with E-state index < -0.39 is 0 Å². The molecule has 0 saturated carbocycles. The van der Waals surface area contributed by atoms with E-state index in [1.165, 1.54) is 0 Å². The number of rotatable bonds is 7. The van der Waals surface area contributed by atoms with Gasteiger partial charge in [0, 0.05) is 25.7 Å². The van der Waals surface area contributed by atoms with E-state index in [0.29, 0.717) is 67.4 Å². The Bertz CT molecular complexity index is 1110. The van der Waals surface area contributed by atoms with Crippen LogP contribution in [0, 0.1) is 0 Å². The van der Waals surface area contributed by atoms with Crippen molar-refractivity contribution in [2.24, 2.45) is 0 Å². The van der Waals surface area contributed by atoms with Crippen molar-refractivity contribution in [2.45, 2.75) is 20.8 Å². The molecule has 0 fully saturated rings. The van der Waals surface area contributed by atoms with E-state index in [2.05, 4.69) is 0 Å². The quantitative estimate of drug-likeness (QED) is 0.555. The Morgan fingerprint density at radius 2 is 1.44 bits per heavy atom. The summed E-state index contributed by atoms with van der Waals surface area (Å²) in [6.45, 7) is 8.17. The molecule has 2 aromatic carbocycles. The number of benzene rings is 2. The summed E-state index contributed by atoms with van der Waals surface area (Å²) >= 11 is 0. The number of anilines is 2. The van der Waals surface area contributed by atoms with Crippen molar-refractivity contribution >= 4 is 28.6 Å². The zero-order valence-corrected chi connectivity index (χ0v) is 18.9. The molecule has 2 heterocycles. The number of likely N-dealkylation sites (N-methyl/N-ethyl adjacent to an activating group) is 1. The van der Waals surface area contributed by atoms with Crippen molar-refractivity contribution in [3.05, 3.63) is 42.0 Å². The monoisotopic (exact) mass is 436 g/mol. The van der Waals surface area contributed by atoms with Crippen molar-refractivity contribution in [3.63, 3.8) is 0 Å². The molecule has 32 heavy (non-hydrogen) atoms. The third kappa shape index (κ3) is 4.00. The largest absolute Gasteiger partial charge is 0.490 e. The molecule has 1 amide bonds. The highest BCUT2D eigenvalue weighted by Gasteiger charge is 2.30. The second-order valence-corrected chi connectivity index (χ2v) is 7.34. The number of aromatic nitrogens is 2. The summed E-state index contributed by atoms with van der Waals surface area (Å²) in [5.41, 5.74) is 1.99. The lowest BCUT2D eigenvalue weighted by Crippen LogP contribution is -2.43. The van der Waals surface area contributed by atoms with Crippen LogP contribution in [-0.2, 0) is 0 Å². The van der Waals surface area contributed by atoms with Gasteiger partial charge in [-0.3, -0.25) is 9.69 Å². The molecule has 0 aliphatic carbocycles. The first kappa shape index (κ1) is 21.7. The van der Waals surface area contributed by atoms with Crippen LogP contribution in [0.4, 0.5) is 11.6 Å². The maximum Gasteiger partial charge on any atom is 0.259 e. The van der Waals surface area contributed by atoms with E-state index in [1.54, 1.807) is 17.0 Å². The van der Waals surface area contributed by atoms with Gasteiger partial charge in [0.1, 0.15) is 0 Å². The fourth-order valence-electron chi connectivity index (χ4n) is 3.75. The maximum absolute atomic E-state index is 13.7. The van der Waals surface area contributed by atoms with Gasteiger partial charge in [0.2, 0.25) is 5.75 Å². The van der Waals surface area contributed by atoms with Crippen LogP contribution in [0.5, 0.6) is 17.2 Å². The molecule has 8 nitrogen and oxygen atoms in total. The SMILES string of the molecule is CCOc1cc(C(=O)N2CCN(C)c3nc4ccccc4nc32)cc(OCC)c1OCC. The van der Waals surface area contributed by atoms with Gasteiger partial charge in [0.15, 0.2) is 23.1 Å². The van der Waals surface area contributed by atoms with Crippen LogP contribution in [0.15, 0.2) is 36.4 Å². The summed E-state index contributed by atoms with van der Waals surface area (Å²) in [5.74, 6) is 2.54. The highest BCUT2D eigenvalue weighted by Crippen LogP contribution is 2.40. The summed E-state index contributed by atoms with van der Waals surface area (Å²) in [6, 6.07) is 11.1. The first-order chi connectivity index (χ1) is 15.6. The van der Waals surface area contributed by atoms with Crippen molar-refractivity contribution in [2.75, 3.05) is 49.8 Å². The first-order valence-electron chi connectivity index (χ1n) is 10.9. The Morgan fingerprint density at radius 3 is 2.00 bits per heavy atom. The van der Waals surface area contributed by atoms with E-state index >= 15 is 0 Å². The predicted octanol–water partition coefficient (Wildman–Crippen LogP) is 3.92. The molecular formula is C24H28N4O4. The van der Waals surface area contributed by atoms with E-state index in [4.69, 9.17) is 24.2 Å². The van der Waals surface area contributed by atoms with Gasteiger partial charge in [-0.1, -0.05) is 12.1 Å². The molecule has 168 valence electrons. The van der Waals surface area contributed by atoms with E-state index in [-0.39, 0.29) is 5.91 Å². The third-order valence-corrected chi connectivity index (χ3v) is 5.21. The Kier molecular flexibility index (Phi) is 6.30. The van der Waals surface area contributed by atoms with E-state index in [1.807, 2.05) is 57.0 Å². The highest BCUT2D eigenvalue weighted by atomic mass is 16.5. The number of carbonyl (C=O) groups excluding carboxylic acids is 1. The second-order valence-electron chi connectivity index (χ2n) is 7.34. The first-order valence-corrected chi connectivity index (χ1v) is 10.9. The van der Waals surface area contributed by atoms with Crippen LogP contribution in [0.25, 0.3) is 11.0 Å². The standard InChI is InChI=1S/C24H28N4O4/c1-5-30-19-14-16(15-20(31-6-2)21(19)32-7-3)24(29)28-13-12-27(4)22-23(28)26-18-11-9-8-10-17(18)25-22/h8-11,14-15H,5-7,12-13H2,1-4H3. The molecule has 1 aromatic heterocycles. The molecule has 0 bridgehead atoms. The van der Waals surface area contributed by atoms with Gasteiger partial charge in [0.05, 0.1) is 30.9 Å². The average molecular weight is 437 g/mol. The minimum Gasteiger partial charge on any atom is -0.490 e. The lowest BCUT2D eigenvalue weighted by molar-refractivity contribution is 0.0984. The second kappa shape index (κ2) is 9.30. The number of hydrogen-bond donors (Lipinski definition) is 0. The molecule has 0 unspecified atom stereocenters. The maximum atomic E-state index is 13.7. The smallest absolute Gasteiger partial charge is 0.259 e. The van der Waals surface area contributed by atoms with Crippen LogP contribution in [0.3, 0.4) is 0 Å². The molecule has 8 heteroatoms. The van der Waals surface area contributed by atoms with Gasteiger partial charge >= 0.3 is 0 Å². The van der Waals surface area contributed by atoms with Gasteiger partial charge in [-0.15, -0.1) is 0 Å². The Morgan fingerprint density at radius 1 is 0.875 bits per heavy atom. The summed E-state index contributed by atoms with van der Waals surface area (Å²) in [6.07, 6.45) is 0. The van der Waals surface area contributed by atoms with Crippen LogP contribution in [-0.4, -0.2) is 55.8 Å². The highest BCUT2D eigenvalue weighted by molar-refractivity contribution is 6.08. The van der Waals surface area contributed by atoms with E-state index in [0.717, 1.165) is 11.0 Å². The fraction of sp³-hybridized carbons (Fsp3) is 0.375. The van der Waals surface area contributed by atoms with Crippen LogP contribution >= 0.6 is 0 Å². The molecule has 0 atom stereocenters. The minimum absolute atomic E-state index is 0.186. The number of hydrogen-bond acceptors (Lipinski definition) is 7. The molecule has 0 spiro atoms. The van der Waals surface area contributed by atoms with E-state index in [9.17, 15) is 4.79 Å². The summed E-state index contributed by atoms with van der Waals surface area (Å²) < 4.78 is 17.3. The minimum atomic E-state index is -0.186.